The van der Waals surface area contributed by atoms with Gasteiger partial charge >= 0.3 is 0 Å². The predicted octanol–water partition coefficient (Wildman–Crippen LogP) is 8.13. The minimum absolute atomic E-state index is 0.0348. The Kier molecular flexibility index (Phi) is 11.2. The lowest BCUT2D eigenvalue weighted by Gasteiger charge is -2.42. The summed E-state index contributed by atoms with van der Waals surface area (Å²) in [5.74, 6) is 5.68. The molecule has 2 heterocycles. The summed E-state index contributed by atoms with van der Waals surface area (Å²) in [4.78, 5) is 40.2. The molecule has 1 saturated carbocycles. The van der Waals surface area contributed by atoms with E-state index in [1.165, 1.54) is 24.1 Å². The van der Waals surface area contributed by atoms with Crippen LogP contribution in [0.5, 0.6) is 0 Å². The highest BCUT2D eigenvalue weighted by atomic mass is 35.5. The number of nitrogens with one attached hydrogen (secondary N) is 2. The first kappa shape index (κ1) is 35.1. The largest absolute Gasteiger partial charge is 0.315 e. The molecule has 4 N–H and O–H groups in total. The van der Waals surface area contributed by atoms with Crippen LogP contribution in [0.25, 0.3) is 0 Å². The number of rotatable bonds is 10. The van der Waals surface area contributed by atoms with E-state index >= 15 is 0 Å². The molecular formula is C34H46Cl2N6O2S. The van der Waals surface area contributed by atoms with E-state index in [4.69, 9.17) is 34.0 Å². The Morgan fingerprint density at radius 1 is 1.18 bits per heavy atom. The van der Waals surface area contributed by atoms with Gasteiger partial charge in [0.05, 0.1) is 10.9 Å². The van der Waals surface area contributed by atoms with E-state index in [0.717, 1.165) is 37.0 Å². The van der Waals surface area contributed by atoms with E-state index < -0.39 is 0 Å². The van der Waals surface area contributed by atoms with Gasteiger partial charge in [-0.25, -0.2) is 10.8 Å². The Labute approximate surface area is 281 Å². The highest BCUT2D eigenvalue weighted by molar-refractivity contribution is 7.14. The molecular weight excluding hydrogens is 627 g/mol. The molecule has 0 radical (unpaired) electrons. The van der Waals surface area contributed by atoms with Crippen LogP contribution in [0.4, 0.5) is 0 Å². The van der Waals surface area contributed by atoms with E-state index in [9.17, 15) is 9.59 Å². The zero-order valence-corrected chi connectivity index (χ0v) is 29.5. The zero-order valence-electron chi connectivity index (χ0n) is 27.1. The summed E-state index contributed by atoms with van der Waals surface area (Å²) >= 11 is 14.2. The van der Waals surface area contributed by atoms with Crippen LogP contribution in [-0.4, -0.2) is 34.9 Å². The summed E-state index contributed by atoms with van der Waals surface area (Å²) in [6.07, 6.45) is 6.77. The number of aliphatic imine (C=N–C) groups is 2. The molecule has 0 bridgehead atoms. The summed E-state index contributed by atoms with van der Waals surface area (Å²) in [5, 5.41) is 3.61. The lowest BCUT2D eigenvalue weighted by Crippen LogP contribution is -2.44. The number of carbonyl (C=O) groups is 2. The number of carbonyl (C=O) groups excluding carboxylic acids is 2. The molecule has 2 aliphatic rings. The van der Waals surface area contributed by atoms with Gasteiger partial charge in [0.2, 0.25) is 0 Å². The number of nitrogens with zero attached hydrogens (tertiary/aromatic N) is 3. The SMILES string of the molecule is C=C(/N=C\NN)NC(=O)c1ccc(C(CCC(C)(C)C)N2C(=O)C(c3cc(Cl)cc(Cl)c3)=NC2C2CCCC(C(C)(C)C)C2)s1. The molecule has 4 atom stereocenters. The molecule has 8 nitrogen and oxygen atoms in total. The number of benzene rings is 1. The molecule has 2 amide bonds. The lowest BCUT2D eigenvalue weighted by molar-refractivity contribution is -0.129. The van der Waals surface area contributed by atoms with Gasteiger partial charge in [0, 0.05) is 26.4 Å². The molecule has 244 valence electrons. The Hall–Kier alpha value is -2.72. The number of hydrazine groups is 1. The van der Waals surface area contributed by atoms with Crippen molar-refractivity contribution in [3.05, 3.63) is 68.1 Å². The van der Waals surface area contributed by atoms with Gasteiger partial charge in [-0.15, -0.1) is 11.3 Å². The topological polar surface area (TPSA) is 112 Å². The van der Waals surface area contributed by atoms with Crippen molar-refractivity contribution in [3.63, 3.8) is 0 Å². The fourth-order valence-corrected chi connectivity index (χ4v) is 7.87. The average molecular weight is 674 g/mol. The van der Waals surface area contributed by atoms with Crippen LogP contribution in [0.2, 0.25) is 10.0 Å². The van der Waals surface area contributed by atoms with Gasteiger partial charge in [-0.2, -0.15) is 0 Å². The van der Waals surface area contributed by atoms with Gasteiger partial charge < -0.3 is 15.6 Å². The van der Waals surface area contributed by atoms with Gasteiger partial charge in [0.15, 0.2) is 0 Å². The highest BCUT2D eigenvalue weighted by Gasteiger charge is 2.46. The Morgan fingerprint density at radius 2 is 1.87 bits per heavy atom. The summed E-state index contributed by atoms with van der Waals surface area (Å²) in [7, 11) is 0. The minimum atomic E-state index is -0.336. The highest BCUT2D eigenvalue weighted by Crippen LogP contribution is 2.46. The Balaban J connectivity index is 1.76. The number of hydrogen-bond acceptors (Lipinski definition) is 6. The van der Waals surface area contributed by atoms with Crippen LogP contribution in [0, 0.1) is 22.7 Å². The van der Waals surface area contributed by atoms with Crippen molar-refractivity contribution in [1.82, 2.24) is 15.6 Å². The third-order valence-corrected chi connectivity index (χ3v) is 10.3. The second-order valence-corrected chi connectivity index (χ2v) is 16.4. The van der Waals surface area contributed by atoms with Gasteiger partial charge in [-0.3, -0.25) is 14.6 Å². The third kappa shape index (κ3) is 8.97. The zero-order chi connectivity index (χ0) is 33.1. The summed E-state index contributed by atoms with van der Waals surface area (Å²) in [6, 6.07) is 8.66. The maximum absolute atomic E-state index is 14.6. The molecule has 1 aromatic carbocycles. The molecule has 11 heteroatoms. The second kappa shape index (κ2) is 14.4. The minimum Gasteiger partial charge on any atom is -0.315 e. The van der Waals surface area contributed by atoms with Crippen LogP contribution >= 0.6 is 34.5 Å². The van der Waals surface area contributed by atoms with Crippen molar-refractivity contribution in [2.24, 2.45) is 38.5 Å². The van der Waals surface area contributed by atoms with Crippen molar-refractivity contribution >= 4 is 58.4 Å². The number of hydrogen-bond donors (Lipinski definition) is 3. The summed E-state index contributed by atoms with van der Waals surface area (Å²) in [6.45, 7) is 17.3. The number of nitrogens with two attached hydrogens (primary N) is 1. The molecule has 4 unspecified atom stereocenters. The van der Waals surface area contributed by atoms with E-state index in [1.807, 2.05) is 11.0 Å². The third-order valence-electron chi connectivity index (χ3n) is 8.72. The molecule has 4 rings (SSSR count). The van der Waals surface area contributed by atoms with E-state index in [0.29, 0.717) is 32.1 Å². The first-order chi connectivity index (χ1) is 21.1. The van der Waals surface area contributed by atoms with Crippen molar-refractivity contribution in [1.29, 1.82) is 0 Å². The fourth-order valence-electron chi connectivity index (χ4n) is 6.31. The van der Waals surface area contributed by atoms with Gasteiger partial charge in [-0.05, 0) is 79.2 Å². The Morgan fingerprint density at radius 3 is 2.49 bits per heavy atom. The quantitative estimate of drug-likeness (QED) is 0.102. The van der Waals surface area contributed by atoms with Crippen LogP contribution in [0.1, 0.15) is 106 Å². The van der Waals surface area contributed by atoms with Crippen LogP contribution in [0.3, 0.4) is 0 Å². The predicted molar refractivity (Wildman–Crippen MR) is 187 cm³/mol. The standard InChI is InChI=1S/C34H46Cl2N6O2S/c1-20(38-19-39-37)40-31(43)28-12-11-27(45-28)26(13-14-33(2,3)4)42-30(21-9-8-10-23(15-21)34(5,6)7)41-29(32(42)44)22-16-24(35)18-25(36)17-22/h11-12,16-19,21,23,26,30H,1,8-10,13-15,37H2,2-7H3,(H,38,39)(H,40,43). The number of thiophene rings is 1. The van der Waals surface area contributed by atoms with Crippen molar-refractivity contribution in [2.75, 3.05) is 0 Å². The fraction of sp³-hybridized carbons (Fsp3) is 0.529. The lowest BCUT2D eigenvalue weighted by atomic mass is 9.68. The Bertz CT molecular complexity index is 1450. The molecule has 45 heavy (non-hydrogen) atoms. The molecule has 1 aliphatic carbocycles. The monoisotopic (exact) mass is 672 g/mol. The van der Waals surface area contributed by atoms with Crippen LogP contribution < -0.4 is 16.6 Å². The first-order valence-electron chi connectivity index (χ1n) is 15.5. The van der Waals surface area contributed by atoms with E-state index in [2.05, 4.69) is 63.9 Å². The van der Waals surface area contributed by atoms with Gasteiger partial charge in [-0.1, -0.05) is 77.7 Å². The summed E-state index contributed by atoms with van der Waals surface area (Å²) in [5.41, 5.74) is 3.50. The second-order valence-electron chi connectivity index (χ2n) is 14.4. The molecule has 1 fully saturated rings. The van der Waals surface area contributed by atoms with E-state index in [1.54, 1.807) is 24.3 Å². The molecule has 2 aromatic rings. The normalized spacial score (nSPS) is 21.6. The van der Waals surface area contributed by atoms with Crippen molar-refractivity contribution in [2.45, 2.75) is 92.3 Å². The van der Waals surface area contributed by atoms with Crippen molar-refractivity contribution in [3.8, 4) is 0 Å². The first-order valence-corrected chi connectivity index (χ1v) is 17.1. The summed E-state index contributed by atoms with van der Waals surface area (Å²) < 4.78 is 0. The maximum atomic E-state index is 14.6. The molecule has 0 saturated heterocycles. The van der Waals surface area contributed by atoms with Crippen LogP contribution in [0.15, 0.2) is 52.7 Å². The van der Waals surface area contributed by atoms with E-state index in [-0.39, 0.29) is 46.6 Å². The molecule has 1 aliphatic heterocycles. The molecule has 0 spiro atoms. The van der Waals surface area contributed by atoms with Crippen LogP contribution in [-0.2, 0) is 4.79 Å². The van der Waals surface area contributed by atoms with Gasteiger partial charge in [0.25, 0.3) is 11.8 Å². The average Bonchev–Trinajstić information content (AvgIpc) is 3.56. The maximum Gasteiger partial charge on any atom is 0.274 e. The van der Waals surface area contributed by atoms with Crippen molar-refractivity contribution < 1.29 is 9.59 Å². The number of halogens is 2. The smallest absolute Gasteiger partial charge is 0.274 e. The molecule has 1 aromatic heterocycles. The van der Waals surface area contributed by atoms with Gasteiger partial charge in [0.1, 0.15) is 24.0 Å². The number of amides is 2.